The van der Waals surface area contributed by atoms with Gasteiger partial charge < -0.3 is 10.1 Å². The van der Waals surface area contributed by atoms with Crippen LogP contribution in [0.4, 0.5) is 0 Å². The monoisotopic (exact) mass is 367 g/mol. The predicted molar refractivity (Wildman–Crippen MR) is 112 cm³/mol. The summed E-state index contributed by atoms with van der Waals surface area (Å²) in [4.78, 5) is 12.7. The molecule has 0 fully saturated rings. The molecule has 0 unspecified atom stereocenters. The number of aryl methyl sites for hydroxylation is 2. The molecule has 1 amide bonds. The van der Waals surface area contributed by atoms with E-state index >= 15 is 0 Å². The summed E-state index contributed by atoms with van der Waals surface area (Å²) >= 11 is 0. The van der Waals surface area contributed by atoms with E-state index < -0.39 is 6.10 Å². The molecular formula is C24H33NO2. The third kappa shape index (κ3) is 5.59. The zero-order valence-electron chi connectivity index (χ0n) is 17.7. The first-order valence-corrected chi connectivity index (χ1v) is 9.76. The van der Waals surface area contributed by atoms with Crippen molar-refractivity contribution in [3.8, 4) is 5.75 Å². The summed E-state index contributed by atoms with van der Waals surface area (Å²) in [5.41, 5.74) is 4.86. The molecule has 3 nitrogen and oxygen atoms in total. The van der Waals surface area contributed by atoms with Gasteiger partial charge in [-0.05, 0) is 61.4 Å². The minimum atomic E-state index is -0.502. The van der Waals surface area contributed by atoms with Gasteiger partial charge in [0, 0.05) is 0 Å². The lowest BCUT2D eigenvalue weighted by Gasteiger charge is -2.23. The van der Waals surface area contributed by atoms with Gasteiger partial charge in [0.15, 0.2) is 6.10 Å². The molecule has 3 heteroatoms. The lowest BCUT2D eigenvalue weighted by atomic mass is 9.87. The van der Waals surface area contributed by atoms with Crippen LogP contribution >= 0.6 is 0 Å². The van der Waals surface area contributed by atoms with Gasteiger partial charge in [0.1, 0.15) is 5.75 Å². The van der Waals surface area contributed by atoms with Gasteiger partial charge in [0.05, 0.1) is 6.04 Å². The number of rotatable bonds is 6. The van der Waals surface area contributed by atoms with Crippen LogP contribution in [0.25, 0.3) is 0 Å². The fraction of sp³-hybridized carbons (Fsp3) is 0.458. The van der Waals surface area contributed by atoms with Crippen LogP contribution in [0.1, 0.15) is 69.3 Å². The third-order valence-corrected chi connectivity index (χ3v) is 4.92. The molecule has 1 N–H and O–H groups in total. The molecule has 0 saturated heterocycles. The molecule has 0 aliphatic carbocycles. The van der Waals surface area contributed by atoms with Crippen molar-refractivity contribution >= 4 is 5.91 Å². The second kappa shape index (κ2) is 8.60. The summed E-state index contributed by atoms with van der Waals surface area (Å²) in [6, 6.07) is 14.3. The molecule has 0 bridgehead atoms. The van der Waals surface area contributed by atoms with E-state index in [2.05, 4.69) is 70.3 Å². The number of carbonyl (C=O) groups is 1. The van der Waals surface area contributed by atoms with Crippen LogP contribution in [-0.4, -0.2) is 12.0 Å². The Labute approximate surface area is 164 Å². The molecule has 0 spiro atoms. The van der Waals surface area contributed by atoms with Crippen LogP contribution in [0.2, 0.25) is 0 Å². The summed E-state index contributed by atoms with van der Waals surface area (Å²) in [5, 5.41) is 3.11. The first-order chi connectivity index (χ1) is 12.6. The van der Waals surface area contributed by atoms with Gasteiger partial charge in [-0.1, -0.05) is 63.6 Å². The zero-order chi connectivity index (χ0) is 20.2. The lowest BCUT2D eigenvalue weighted by Crippen LogP contribution is -2.39. The number of amides is 1. The van der Waals surface area contributed by atoms with Crippen LogP contribution < -0.4 is 10.1 Å². The Morgan fingerprint density at radius 3 is 2.26 bits per heavy atom. The molecule has 2 aromatic carbocycles. The third-order valence-electron chi connectivity index (χ3n) is 4.92. The van der Waals surface area contributed by atoms with Crippen molar-refractivity contribution in [2.45, 2.75) is 72.4 Å². The largest absolute Gasteiger partial charge is 0.481 e. The summed E-state index contributed by atoms with van der Waals surface area (Å²) in [6.07, 6.45) is 0.116. The van der Waals surface area contributed by atoms with Gasteiger partial charge in [-0.15, -0.1) is 0 Å². The summed E-state index contributed by atoms with van der Waals surface area (Å²) in [6.45, 7) is 14.7. The Kier molecular flexibility index (Phi) is 6.69. The van der Waals surface area contributed by atoms with Gasteiger partial charge in [0.25, 0.3) is 5.91 Å². The van der Waals surface area contributed by atoms with Gasteiger partial charge in [-0.25, -0.2) is 0 Å². The Hall–Kier alpha value is -2.29. The van der Waals surface area contributed by atoms with Gasteiger partial charge in [0.2, 0.25) is 0 Å². The van der Waals surface area contributed by atoms with E-state index in [1.165, 1.54) is 16.7 Å². The number of hydrogen-bond acceptors (Lipinski definition) is 2. The summed E-state index contributed by atoms with van der Waals surface area (Å²) in [5.74, 6) is 0.648. The van der Waals surface area contributed by atoms with Gasteiger partial charge >= 0.3 is 0 Å². The average Bonchev–Trinajstić information content (AvgIpc) is 2.61. The number of benzene rings is 2. The Balaban J connectivity index is 2.06. The van der Waals surface area contributed by atoms with Crippen molar-refractivity contribution in [1.82, 2.24) is 5.32 Å². The molecule has 0 aliphatic heterocycles. The lowest BCUT2D eigenvalue weighted by molar-refractivity contribution is -0.128. The highest BCUT2D eigenvalue weighted by atomic mass is 16.5. The van der Waals surface area contributed by atoms with Crippen molar-refractivity contribution in [3.63, 3.8) is 0 Å². The van der Waals surface area contributed by atoms with E-state index in [-0.39, 0.29) is 17.4 Å². The predicted octanol–water partition coefficient (Wildman–Crippen LogP) is 5.64. The smallest absolute Gasteiger partial charge is 0.261 e. The highest BCUT2D eigenvalue weighted by molar-refractivity contribution is 5.81. The molecule has 2 rings (SSSR count). The van der Waals surface area contributed by atoms with E-state index in [1.807, 2.05) is 26.0 Å². The quantitative estimate of drug-likeness (QED) is 0.718. The summed E-state index contributed by atoms with van der Waals surface area (Å²) < 4.78 is 5.97. The molecular weight excluding hydrogens is 334 g/mol. The second-order valence-corrected chi connectivity index (χ2v) is 8.38. The van der Waals surface area contributed by atoms with E-state index in [4.69, 9.17) is 4.74 Å². The number of carbonyl (C=O) groups excluding carboxylic acids is 1. The average molecular weight is 368 g/mol. The van der Waals surface area contributed by atoms with Gasteiger partial charge in [-0.3, -0.25) is 4.79 Å². The minimum Gasteiger partial charge on any atom is -0.481 e. The normalized spacial score (nSPS) is 13.7. The Morgan fingerprint density at radius 2 is 1.70 bits per heavy atom. The maximum Gasteiger partial charge on any atom is 0.261 e. The SMILES string of the molecule is CC[C@H](Oc1ccc(C(C)(C)C)cc1)C(=O)N[C@H](C)c1cc(C)ccc1C. The molecule has 0 saturated carbocycles. The highest BCUT2D eigenvalue weighted by Crippen LogP contribution is 2.25. The molecule has 2 atom stereocenters. The van der Waals surface area contributed by atoms with E-state index in [1.54, 1.807) is 0 Å². The zero-order valence-corrected chi connectivity index (χ0v) is 17.7. The van der Waals surface area contributed by atoms with Crippen LogP contribution in [-0.2, 0) is 10.2 Å². The van der Waals surface area contributed by atoms with Crippen molar-refractivity contribution < 1.29 is 9.53 Å². The molecule has 0 aromatic heterocycles. The molecule has 146 valence electrons. The maximum atomic E-state index is 12.7. The number of ether oxygens (including phenoxy) is 1. The van der Waals surface area contributed by atoms with E-state index in [9.17, 15) is 4.79 Å². The first-order valence-electron chi connectivity index (χ1n) is 9.76. The van der Waals surface area contributed by atoms with Crippen molar-refractivity contribution in [3.05, 3.63) is 64.7 Å². The van der Waals surface area contributed by atoms with Crippen LogP contribution in [0.3, 0.4) is 0 Å². The van der Waals surface area contributed by atoms with Crippen LogP contribution in [0, 0.1) is 13.8 Å². The fourth-order valence-electron chi connectivity index (χ4n) is 3.13. The maximum absolute atomic E-state index is 12.7. The van der Waals surface area contributed by atoms with E-state index in [0.717, 1.165) is 11.3 Å². The fourth-order valence-corrected chi connectivity index (χ4v) is 3.13. The highest BCUT2D eigenvalue weighted by Gasteiger charge is 2.22. The topological polar surface area (TPSA) is 38.3 Å². The Morgan fingerprint density at radius 1 is 1.07 bits per heavy atom. The molecule has 2 aromatic rings. The minimum absolute atomic E-state index is 0.0571. The number of hydrogen-bond donors (Lipinski definition) is 1. The van der Waals surface area contributed by atoms with E-state index in [0.29, 0.717) is 6.42 Å². The van der Waals surface area contributed by atoms with Gasteiger partial charge in [-0.2, -0.15) is 0 Å². The standard InChI is InChI=1S/C24H33NO2/c1-8-22(27-20-13-11-19(12-14-20)24(5,6)7)23(26)25-18(4)21-15-16(2)9-10-17(21)3/h9-15,18,22H,8H2,1-7H3,(H,25,26)/t18-,22+/m1/s1. The number of nitrogens with one attached hydrogen (secondary N) is 1. The van der Waals surface area contributed by atoms with Crippen LogP contribution in [0.5, 0.6) is 5.75 Å². The molecule has 0 aliphatic rings. The van der Waals surface area contributed by atoms with Crippen molar-refractivity contribution in [1.29, 1.82) is 0 Å². The Bertz CT molecular complexity index is 772. The van der Waals surface area contributed by atoms with Crippen LogP contribution in [0.15, 0.2) is 42.5 Å². The molecule has 27 heavy (non-hydrogen) atoms. The van der Waals surface area contributed by atoms with Crippen molar-refractivity contribution in [2.24, 2.45) is 0 Å². The van der Waals surface area contributed by atoms with Crippen molar-refractivity contribution in [2.75, 3.05) is 0 Å². The molecule has 0 heterocycles. The second-order valence-electron chi connectivity index (χ2n) is 8.38. The first kappa shape index (κ1) is 21.0. The molecule has 0 radical (unpaired) electrons. The summed E-state index contributed by atoms with van der Waals surface area (Å²) in [7, 11) is 0.